The summed E-state index contributed by atoms with van der Waals surface area (Å²) in [5.41, 5.74) is 1.32. The van der Waals surface area contributed by atoms with E-state index in [9.17, 15) is 0 Å². The Morgan fingerprint density at radius 3 is 2.63 bits per heavy atom. The molecule has 1 atom stereocenters. The minimum Gasteiger partial charge on any atom is -0.381 e. The fraction of sp³-hybridized carbons (Fsp3) is 0.773. The van der Waals surface area contributed by atoms with E-state index in [-0.39, 0.29) is 5.60 Å². The summed E-state index contributed by atoms with van der Waals surface area (Å²) in [7, 11) is 0. The third kappa shape index (κ3) is 5.08. The van der Waals surface area contributed by atoms with Crippen molar-refractivity contribution in [1.29, 1.82) is 0 Å². The van der Waals surface area contributed by atoms with Gasteiger partial charge < -0.3 is 19.1 Å². The van der Waals surface area contributed by atoms with E-state index in [1.165, 1.54) is 57.3 Å². The fourth-order valence-corrected chi connectivity index (χ4v) is 5.05. The van der Waals surface area contributed by atoms with Crippen LogP contribution in [0.3, 0.4) is 0 Å². The maximum atomic E-state index is 6.34. The van der Waals surface area contributed by atoms with Gasteiger partial charge in [-0.1, -0.05) is 0 Å². The Labute approximate surface area is 163 Å². The highest BCUT2D eigenvalue weighted by Gasteiger charge is 2.45. The predicted molar refractivity (Wildman–Crippen MR) is 105 cm³/mol. The lowest BCUT2D eigenvalue weighted by Gasteiger charge is -2.43. The van der Waals surface area contributed by atoms with Gasteiger partial charge in [-0.25, -0.2) is 0 Å². The summed E-state index contributed by atoms with van der Waals surface area (Å²) in [6.07, 6.45) is 10.8. The van der Waals surface area contributed by atoms with E-state index in [2.05, 4.69) is 9.88 Å². The third-order valence-corrected chi connectivity index (χ3v) is 6.79. The maximum absolute atomic E-state index is 6.34. The van der Waals surface area contributed by atoms with Crippen LogP contribution < -0.4 is 0 Å². The van der Waals surface area contributed by atoms with Gasteiger partial charge in [0.05, 0.1) is 12.2 Å². The first-order valence-electron chi connectivity index (χ1n) is 10.7. The van der Waals surface area contributed by atoms with Crippen molar-refractivity contribution in [2.45, 2.75) is 50.7 Å². The SMILES string of the molecule is c1cc(COCCC2CCOC23CCN(CC2CCOCC2)CC3)ccn1. The van der Waals surface area contributed by atoms with Crippen molar-refractivity contribution in [2.24, 2.45) is 11.8 Å². The van der Waals surface area contributed by atoms with Crippen LogP contribution in [0.2, 0.25) is 0 Å². The van der Waals surface area contributed by atoms with E-state index < -0.39 is 0 Å². The minimum absolute atomic E-state index is 0.117. The van der Waals surface area contributed by atoms with Crippen LogP contribution in [0, 0.1) is 11.8 Å². The summed E-state index contributed by atoms with van der Waals surface area (Å²) >= 11 is 0. The molecule has 3 fully saturated rings. The molecule has 150 valence electrons. The number of hydrogen-bond donors (Lipinski definition) is 0. The summed E-state index contributed by atoms with van der Waals surface area (Å²) in [6.45, 7) is 7.96. The first kappa shape index (κ1) is 19.3. The average molecular weight is 375 g/mol. The molecule has 3 aliphatic rings. The Morgan fingerprint density at radius 2 is 1.85 bits per heavy atom. The van der Waals surface area contributed by atoms with Crippen molar-refractivity contribution < 1.29 is 14.2 Å². The molecule has 0 N–H and O–H groups in total. The molecule has 0 amide bonds. The quantitative estimate of drug-likeness (QED) is 0.685. The Hall–Kier alpha value is -1.01. The molecule has 3 saturated heterocycles. The number of ether oxygens (including phenoxy) is 3. The summed E-state index contributed by atoms with van der Waals surface area (Å²) in [5, 5.41) is 0. The zero-order valence-corrected chi connectivity index (χ0v) is 16.5. The number of pyridine rings is 1. The molecular formula is C22H34N2O3. The smallest absolute Gasteiger partial charge is 0.0736 e. The van der Waals surface area contributed by atoms with E-state index in [1.54, 1.807) is 0 Å². The highest BCUT2D eigenvalue weighted by atomic mass is 16.5. The lowest BCUT2D eigenvalue weighted by atomic mass is 9.78. The van der Waals surface area contributed by atoms with Crippen molar-refractivity contribution in [3.8, 4) is 0 Å². The molecular weight excluding hydrogens is 340 g/mol. The van der Waals surface area contributed by atoms with E-state index in [0.717, 1.165) is 38.8 Å². The molecule has 5 heteroatoms. The molecule has 1 spiro atoms. The average Bonchev–Trinajstić information content (AvgIpc) is 3.11. The number of aromatic nitrogens is 1. The summed E-state index contributed by atoms with van der Waals surface area (Å²) in [6, 6.07) is 4.04. The van der Waals surface area contributed by atoms with Gasteiger partial charge in [0.2, 0.25) is 0 Å². The van der Waals surface area contributed by atoms with Crippen molar-refractivity contribution in [3.05, 3.63) is 30.1 Å². The number of likely N-dealkylation sites (tertiary alicyclic amines) is 1. The molecule has 0 radical (unpaired) electrons. The zero-order chi connectivity index (χ0) is 18.4. The van der Waals surface area contributed by atoms with Crippen LogP contribution in [0.25, 0.3) is 0 Å². The van der Waals surface area contributed by atoms with Crippen LogP contribution >= 0.6 is 0 Å². The lowest BCUT2D eigenvalue weighted by molar-refractivity contribution is -0.0756. The fourth-order valence-electron chi connectivity index (χ4n) is 5.05. The zero-order valence-electron chi connectivity index (χ0n) is 16.5. The summed E-state index contributed by atoms with van der Waals surface area (Å²) < 4.78 is 17.8. The first-order valence-corrected chi connectivity index (χ1v) is 10.7. The lowest BCUT2D eigenvalue weighted by Crippen LogP contribution is -2.49. The van der Waals surface area contributed by atoms with Gasteiger partial charge in [-0.05, 0) is 68.1 Å². The Morgan fingerprint density at radius 1 is 1.07 bits per heavy atom. The van der Waals surface area contributed by atoms with Gasteiger partial charge in [-0.15, -0.1) is 0 Å². The first-order chi connectivity index (χ1) is 13.3. The van der Waals surface area contributed by atoms with Crippen LogP contribution in [-0.4, -0.2) is 61.5 Å². The normalized spacial score (nSPS) is 26.6. The second-order valence-corrected chi connectivity index (χ2v) is 8.45. The highest BCUT2D eigenvalue weighted by molar-refractivity contribution is 5.07. The van der Waals surface area contributed by atoms with Gasteiger partial charge in [0.15, 0.2) is 0 Å². The van der Waals surface area contributed by atoms with E-state index in [4.69, 9.17) is 14.2 Å². The summed E-state index contributed by atoms with van der Waals surface area (Å²) in [5.74, 6) is 1.48. The topological polar surface area (TPSA) is 43.8 Å². The van der Waals surface area contributed by atoms with Gasteiger partial charge in [0.1, 0.15) is 0 Å². The Balaban J connectivity index is 1.20. The predicted octanol–water partition coefficient (Wildman–Crippen LogP) is 3.29. The largest absolute Gasteiger partial charge is 0.381 e. The van der Waals surface area contributed by atoms with Gasteiger partial charge in [0.25, 0.3) is 0 Å². The molecule has 5 nitrogen and oxygen atoms in total. The molecule has 3 aliphatic heterocycles. The molecule has 1 unspecified atom stereocenters. The van der Waals surface area contributed by atoms with Gasteiger partial charge in [-0.2, -0.15) is 0 Å². The number of hydrogen-bond acceptors (Lipinski definition) is 5. The van der Waals surface area contributed by atoms with E-state index in [0.29, 0.717) is 12.5 Å². The van der Waals surface area contributed by atoms with Crippen molar-refractivity contribution in [1.82, 2.24) is 9.88 Å². The molecule has 0 aliphatic carbocycles. The minimum atomic E-state index is 0.117. The number of piperidine rings is 1. The summed E-state index contributed by atoms with van der Waals surface area (Å²) in [4.78, 5) is 6.72. The van der Waals surface area contributed by atoms with Crippen molar-refractivity contribution in [3.63, 3.8) is 0 Å². The number of nitrogens with zero attached hydrogens (tertiary/aromatic N) is 2. The molecule has 0 aromatic carbocycles. The van der Waals surface area contributed by atoms with Crippen molar-refractivity contribution in [2.75, 3.05) is 46.1 Å². The van der Waals surface area contributed by atoms with Gasteiger partial charge >= 0.3 is 0 Å². The molecule has 1 aromatic rings. The maximum Gasteiger partial charge on any atom is 0.0736 e. The molecule has 27 heavy (non-hydrogen) atoms. The number of rotatable bonds is 7. The second-order valence-electron chi connectivity index (χ2n) is 8.45. The Bertz CT molecular complexity index is 554. The Kier molecular flexibility index (Phi) is 6.77. The molecule has 4 rings (SSSR count). The van der Waals surface area contributed by atoms with Crippen LogP contribution in [0.15, 0.2) is 24.5 Å². The van der Waals surface area contributed by atoms with Gasteiger partial charge in [-0.3, -0.25) is 4.98 Å². The highest BCUT2D eigenvalue weighted by Crippen LogP contribution is 2.42. The van der Waals surface area contributed by atoms with Crippen LogP contribution in [-0.2, 0) is 20.8 Å². The van der Waals surface area contributed by atoms with Crippen LogP contribution in [0.1, 0.15) is 44.1 Å². The molecule has 0 bridgehead atoms. The van der Waals surface area contributed by atoms with Crippen LogP contribution in [0.5, 0.6) is 0 Å². The molecule has 0 saturated carbocycles. The van der Waals surface area contributed by atoms with E-state index in [1.807, 2.05) is 24.5 Å². The molecule has 4 heterocycles. The van der Waals surface area contributed by atoms with Crippen LogP contribution in [0.4, 0.5) is 0 Å². The third-order valence-electron chi connectivity index (χ3n) is 6.79. The standard InChI is InChI=1S/C22H34N2O3/c1-9-23-10-2-20(1)18-26-15-5-21-6-16-27-22(21)7-11-24(12-8-22)17-19-3-13-25-14-4-19/h1-2,9-10,19,21H,3-8,11-18H2. The van der Waals surface area contributed by atoms with Crippen molar-refractivity contribution >= 4 is 0 Å². The van der Waals surface area contributed by atoms with E-state index >= 15 is 0 Å². The monoisotopic (exact) mass is 374 g/mol. The molecule has 1 aromatic heterocycles. The van der Waals surface area contributed by atoms with Gasteiger partial charge in [0, 0.05) is 58.5 Å². The second kappa shape index (κ2) is 9.46.